The molecule has 0 radical (unpaired) electrons. The minimum absolute atomic E-state index is 0.203. The number of hydrogen-bond acceptors (Lipinski definition) is 9. The van der Waals surface area contributed by atoms with Crippen LogP contribution < -0.4 is 10.6 Å². The van der Waals surface area contributed by atoms with E-state index in [-0.39, 0.29) is 5.95 Å². The number of nitrogens with two attached hydrogens (primary N) is 1. The highest BCUT2D eigenvalue weighted by atomic mass is 19.1. The molecule has 0 unspecified atom stereocenters. The van der Waals surface area contributed by atoms with Crippen LogP contribution in [0.5, 0.6) is 0 Å². The van der Waals surface area contributed by atoms with Crippen LogP contribution in [-0.2, 0) is 6.54 Å². The van der Waals surface area contributed by atoms with Crippen molar-refractivity contribution in [3.05, 3.63) is 54.1 Å². The van der Waals surface area contributed by atoms with Gasteiger partial charge in [-0.25, -0.2) is 23.4 Å². The van der Waals surface area contributed by atoms with Crippen molar-refractivity contribution in [3.8, 4) is 11.5 Å². The maximum Gasteiger partial charge on any atom is 0.225 e. The van der Waals surface area contributed by atoms with Crippen molar-refractivity contribution >= 4 is 28.3 Å². The summed E-state index contributed by atoms with van der Waals surface area (Å²) in [7, 11) is 0. The first-order chi connectivity index (χ1) is 17.5. The average molecular weight is 492 g/mol. The monoisotopic (exact) mass is 491 g/mol. The SMILES string of the molecule is Cc1nccnc1-c1nc2c3cnn(CCN4CCN(c5ccc(F)cc5F)CC4)c3nc(N)n2n1. The lowest BCUT2D eigenvalue weighted by atomic mass is 10.2. The van der Waals surface area contributed by atoms with Crippen LogP contribution in [0.15, 0.2) is 36.8 Å². The van der Waals surface area contributed by atoms with Crippen LogP contribution >= 0.6 is 0 Å². The molecule has 0 atom stereocenters. The second-order valence-electron chi connectivity index (χ2n) is 8.66. The molecule has 1 aliphatic rings. The number of aryl methyl sites for hydroxylation is 1. The maximum atomic E-state index is 14.1. The Morgan fingerprint density at radius 3 is 2.56 bits per heavy atom. The summed E-state index contributed by atoms with van der Waals surface area (Å²) in [6.45, 7) is 5.99. The highest BCUT2D eigenvalue weighted by Crippen LogP contribution is 2.24. The highest BCUT2D eigenvalue weighted by molar-refractivity contribution is 5.90. The van der Waals surface area contributed by atoms with E-state index in [9.17, 15) is 8.78 Å². The van der Waals surface area contributed by atoms with Crippen molar-refractivity contribution < 1.29 is 8.78 Å². The Labute approximate surface area is 204 Å². The number of hydrogen-bond donors (Lipinski definition) is 1. The van der Waals surface area contributed by atoms with Gasteiger partial charge in [0.25, 0.3) is 0 Å². The van der Waals surface area contributed by atoms with Gasteiger partial charge in [-0.05, 0) is 19.1 Å². The normalized spacial score (nSPS) is 14.8. The van der Waals surface area contributed by atoms with Crippen LogP contribution in [0, 0.1) is 18.6 Å². The molecule has 1 fully saturated rings. The summed E-state index contributed by atoms with van der Waals surface area (Å²) in [4.78, 5) is 22.0. The van der Waals surface area contributed by atoms with Gasteiger partial charge < -0.3 is 10.6 Å². The van der Waals surface area contributed by atoms with E-state index in [1.807, 2.05) is 11.8 Å². The molecule has 36 heavy (non-hydrogen) atoms. The van der Waals surface area contributed by atoms with Gasteiger partial charge in [-0.15, -0.1) is 5.10 Å². The summed E-state index contributed by atoms with van der Waals surface area (Å²) in [5.41, 5.74) is 9.13. The third kappa shape index (κ3) is 3.86. The van der Waals surface area contributed by atoms with Crippen LogP contribution in [0.2, 0.25) is 0 Å². The van der Waals surface area contributed by atoms with E-state index >= 15 is 0 Å². The minimum Gasteiger partial charge on any atom is -0.368 e. The molecular formula is C23H23F2N11. The van der Waals surface area contributed by atoms with Crippen molar-refractivity contribution in [2.24, 2.45) is 0 Å². The second kappa shape index (κ2) is 8.75. The number of piperazine rings is 1. The number of aromatic nitrogens is 8. The molecular weight excluding hydrogens is 468 g/mol. The lowest BCUT2D eigenvalue weighted by molar-refractivity contribution is 0.245. The van der Waals surface area contributed by atoms with E-state index in [0.717, 1.165) is 31.1 Å². The van der Waals surface area contributed by atoms with Gasteiger partial charge in [0.05, 0.1) is 29.5 Å². The lowest BCUT2D eigenvalue weighted by Gasteiger charge is -2.36. The minimum atomic E-state index is -0.570. The molecule has 13 heteroatoms. The Morgan fingerprint density at radius 1 is 0.972 bits per heavy atom. The molecule has 6 rings (SSSR count). The summed E-state index contributed by atoms with van der Waals surface area (Å²) in [5, 5.41) is 9.74. The number of rotatable bonds is 5. The zero-order chi connectivity index (χ0) is 24.8. The standard InChI is InChI=1S/C23H23F2N11/c1-14-19(28-5-4-27-14)20-30-22-16-13-29-35(21(16)31-23(26)36(22)32-20)11-8-33-6-9-34(10-7-33)18-3-2-15(24)12-17(18)25/h2-5,12-13H,6-11H2,1H3,(H2,26,31). The molecule has 1 aliphatic heterocycles. The molecule has 0 saturated carbocycles. The van der Waals surface area contributed by atoms with Gasteiger partial charge in [-0.2, -0.15) is 14.6 Å². The summed E-state index contributed by atoms with van der Waals surface area (Å²) < 4.78 is 30.7. The van der Waals surface area contributed by atoms with Crippen LogP contribution in [0.1, 0.15) is 5.69 Å². The van der Waals surface area contributed by atoms with Crippen LogP contribution in [0.4, 0.5) is 20.4 Å². The number of benzene rings is 1. The van der Waals surface area contributed by atoms with Crippen molar-refractivity contribution in [2.75, 3.05) is 43.4 Å². The van der Waals surface area contributed by atoms with Crippen LogP contribution in [-0.4, -0.2) is 77.0 Å². The smallest absolute Gasteiger partial charge is 0.225 e. The first-order valence-corrected chi connectivity index (χ1v) is 11.6. The molecule has 0 aliphatic carbocycles. The number of fused-ring (bicyclic) bond motifs is 3. The molecule has 0 bridgehead atoms. The van der Waals surface area contributed by atoms with Crippen LogP contribution in [0.25, 0.3) is 28.2 Å². The fourth-order valence-electron chi connectivity index (χ4n) is 4.53. The number of anilines is 2. The van der Waals surface area contributed by atoms with E-state index in [2.05, 4.69) is 35.0 Å². The summed E-state index contributed by atoms with van der Waals surface area (Å²) in [5.74, 6) is -0.481. The van der Waals surface area contributed by atoms with Gasteiger partial charge in [-0.3, -0.25) is 9.88 Å². The molecule has 4 aromatic heterocycles. The average Bonchev–Trinajstić information content (AvgIpc) is 3.48. The largest absolute Gasteiger partial charge is 0.368 e. The van der Waals surface area contributed by atoms with Gasteiger partial charge >= 0.3 is 0 Å². The molecule has 1 saturated heterocycles. The molecule has 5 aromatic rings. The first-order valence-electron chi connectivity index (χ1n) is 11.6. The lowest BCUT2D eigenvalue weighted by Crippen LogP contribution is -2.47. The molecule has 0 spiro atoms. The molecule has 184 valence electrons. The van der Waals surface area contributed by atoms with Crippen molar-refractivity contribution in [1.82, 2.24) is 44.2 Å². The molecule has 11 nitrogen and oxygen atoms in total. The fraction of sp³-hybridized carbons (Fsp3) is 0.304. The zero-order valence-electron chi connectivity index (χ0n) is 19.5. The Hall–Kier alpha value is -4.26. The van der Waals surface area contributed by atoms with Gasteiger partial charge in [-0.1, -0.05) is 0 Å². The first kappa shape index (κ1) is 22.2. The van der Waals surface area contributed by atoms with E-state index in [4.69, 9.17) is 5.73 Å². The van der Waals surface area contributed by atoms with Crippen molar-refractivity contribution in [2.45, 2.75) is 13.5 Å². The second-order valence-corrected chi connectivity index (χ2v) is 8.66. The molecule has 5 heterocycles. The maximum absolute atomic E-state index is 14.1. The van der Waals surface area contributed by atoms with E-state index in [1.54, 1.807) is 23.3 Å². The zero-order valence-corrected chi connectivity index (χ0v) is 19.5. The quantitative estimate of drug-likeness (QED) is 0.393. The Kier molecular flexibility index (Phi) is 5.40. The van der Waals surface area contributed by atoms with Gasteiger partial charge in [0.15, 0.2) is 11.3 Å². The third-order valence-electron chi connectivity index (χ3n) is 6.44. The summed E-state index contributed by atoms with van der Waals surface area (Å²) in [6, 6.07) is 3.71. The van der Waals surface area contributed by atoms with Gasteiger partial charge in [0.1, 0.15) is 17.3 Å². The van der Waals surface area contributed by atoms with E-state index in [1.165, 1.54) is 16.6 Å². The predicted molar refractivity (Wildman–Crippen MR) is 129 cm³/mol. The number of halogens is 2. The van der Waals surface area contributed by atoms with Gasteiger partial charge in [0.2, 0.25) is 11.8 Å². The Balaban J connectivity index is 1.19. The van der Waals surface area contributed by atoms with E-state index < -0.39 is 11.6 Å². The Morgan fingerprint density at radius 2 is 1.78 bits per heavy atom. The topological polar surface area (TPSA) is 119 Å². The number of nitrogens with zero attached hydrogens (tertiary/aromatic N) is 10. The highest BCUT2D eigenvalue weighted by Gasteiger charge is 2.21. The molecule has 2 N–H and O–H groups in total. The predicted octanol–water partition coefficient (Wildman–Crippen LogP) is 1.92. The molecule has 1 aromatic carbocycles. The fourth-order valence-corrected chi connectivity index (χ4v) is 4.53. The third-order valence-corrected chi connectivity index (χ3v) is 6.44. The van der Waals surface area contributed by atoms with Crippen LogP contribution in [0.3, 0.4) is 0 Å². The van der Waals surface area contributed by atoms with Crippen molar-refractivity contribution in [1.29, 1.82) is 0 Å². The van der Waals surface area contributed by atoms with Crippen molar-refractivity contribution in [3.63, 3.8) is 0 Å². The summed E-state index contributed by atoms with van der Waals surface area (Å²) >= 11 is 0. The summed E-state index contributed by atoms with van der Waals surface area (Å²) in [6.07, 6.45) is 4.93. The Bertz CT molecular complexity index is 1570. The van der Waals surface area contributed by atoms with E-state index in [0.29, 0.717) is 53.8 Å². The number of nitrogen functional groups attached to an aromatic ring is 1. The molecule has 0 amide bonds. The van der Waals surface area contributed by atoms with Gasteiger partial charge in [0, 0.05) is 51.2 Å².